The number of hydrogen-bond donors (Lipinski definition) is 1. The highest BCUT2D eigenvalue weighted by Gasteiger charge is 2.34. The maximum Gasteiger partial charge on any atom is 0.277 e. The second kappa shape index (κ2) is 7.96. The third-order valence-corrected chi connectivity index (χ3v) is 5.28. The van der Waals surface area contributed by atoms with Crippen LogP contribution >= 0.6 is 11.3 Å². The van der Waals surface area contributed by atoms with E-state index in [-0.39, 0.29) is 35.2 Å². The van der Waals surface area contributed by atoms with Crippen LogP contribution in [0.3, 0.4) is 0 Å². The number of fused-ring (bicyclic) bond motifs is 1. The Labute approximate surface area is 156 Å². The summed E-state index contributed by atoms with van der Waals surface area (Å²) in [5, 5.41) is 13.0. The van der Waals surface area contributed by atoms with Gasteiger partial charge in [-0.2, -0.15) is 0 Å². The number of nitrogens with zero attached hydrogens (tertiary/aromatic N) is 4. The number of thiophene rings is 1. The molecule has 2 aromatic heterocycles. The van der Waals surface area contributed by atoms with Crippen molar-refractivity contribution in [3.05, 3.63) is 33.8 Å². The first-order valence-electron chi connectivity index (χ1n) is 8.56. The van der Waals surface area contributed by atoms with Crippen LogP contribution in [0.2, 0.25) is 0 Å². The lowest BCUT2D eigenvalue weighted by Gasteiger charge is -2.27. The molecule has 0 saturated heterocycles. The number of ether oxygens (including phenoxy) is 1. The molecule has 0 radical (unpaired) electrons. The first-order chi connectivity index (χ1) is 12.5. The standard InChI is InChI=1S/C17H23N5O3S/c1-11(2)13-10-22-15(16(23)18-13)14(19-20-22)17(24)21(6-7-25-3)9-12-5-4-8-26-12/h4-5,8,11,13H,6-7,9-10H2,1-3H3,(H,18,23)/t13-/m1/s1. The summed E-state index contributed by atoms with van der Waals surface area (Å²) in [6, 6.07) is 3.90. The smallest absolute Gasteiger partial charge is 0.277 e. The van der Waals surface area contributed by atoms with Gasteiger partial charge in [-0.3, -0.25) is 9.59 Å². The molecule has 0 spiro atoms. The van der Waals surface area contributed by atoms with Crippen molar-refractivity contribution in [2.24, 2.45) is 5.92 Å². The molecule has 2 aromatic rings. The number of carbonyl (C=O) groups is 2. The number of aromatic nitrogens is 3. The number of amides is 2. The summed E-state index contributed by atoms with van der Waals surface area (Å²) in [5.74, 6) is -0.339. The summed E-state index contributed by atoms with van der Waals surface area (Å²) < 4.78 is 6.66. The molecule has 1 atom stereocenters. The summed E-state index contributed by atoms with van der Waals surface area (Å²) in [7, 11) is 1.59. The summed E-state index contributed by atoms with van der Waals surface area (Å²) in [4.78, 5) is 28.3. The molecule has 9 heteroatoms. The maximum atomic E-state index is 13.1. The first-order valence-corrected chi connectivity index (χ1v) is 9.44. The van der Waals surface area contributed by atoms with E-state index in [1.807, 2.05) is 31.4 Å². The van der Waals surface area contributed by atoms with E-state index in [0.29, 0.717) is 26.2 Å². The summed E-state index contributed by atoms with van der Waals surface area (Å²) in [5.41, 5.74) is 0.331. The number of nitrogens with one attached hydrogen (secondary N) is 1. The van der Waals surface area contributed by atoms with E-state index in [1.54, 1.807) is 23.3 Å². The van der Waals surface area contributed by atoms with Crippen LogP contribution in [0.4, 0.5) is 0 Å². The molecule has 0 aliphatic carbocycles. The fourth-order valence-corrected chi connectivity index (χ4v) is 3.57. The lowest BCUT2D eigenvalue weighted by molar-refractivity contribution is 0.0669. The Hall–Kier alpha value is -2.26. The van der Waals surface area contributed by atoms with Crippen molar-refractivity contribution >= 4 is 23.2 Å². The van der Waals surface area contributed by atoms with E-state index >= 15 is 0 Å². The van der Waals surface area contributed by atoms with Gasteiger partial charge in [0.2, 0.25) is 0 Å². The Morgan fingerprint density at radius 2 is 2.35 bits per heavy atom. The number of carbonyl (C=O) groups excluding carboxylic acids is 2. The van der Waals surface area contributed by atoms with Crippen LogP contribution in [0, 0.1) is 5.92 Å². The number of methoxy groups -OCH3 is 1. The maximum absolute atomic E-state index is 13.1. The molecule has 0 fully saturated rings. The third kappa shape index (κ3) is 3.78. The van der Waals surface area contributed by atoms with Gasteiger partial charge in [0.05, 0.1) is 25.7 Å². The Kier molecular flexibility index (Phi) is 5.67. The van der Waals surface area contributed by atoms with Crippen LogP contribution in [-0.4, -0.2) is 58.0 Å². The van der Waals surface area contributed by atoms with Gasteiger partial charge < -0.3 is 15.0 Å². The van der Waals surface area contributed by atoms with E-state index in [0.717, 1.165) is 4.88 Å². The number of rotatable bonds is 7. The van der Waals surface area contributed by atoms with Crippen LogP contribution < -0.4 is 5.32 Å². The second-order valence-corrected chi connectivity index (χ2v) is 7.62. The van der Waals surface area contributed by atoms with Gasteiger partial charge in [-0.1, -0.05) is 25.1 Å². The van der Waals surface area contributed by atoms with Crippen LogP contribution in [0.15, 0.2) is 17.5 Å². The monoisotopic (exact) mass is 377 g/mol. The largest absolute Gasteiger partial charge is 0.383 e. The normalized spacial score (nSPS) is 16.5. The lowest BCUT2D eigenvalue weighted by atomic mass is 10.0. The third-order valence-electron chi connectivity index (χ3n) is 4.42. The molecule has 8 nitrogen and oxygen atoms in total. The first kappa shape index (κ1) is 18.5. The van der Waals surface area contributed by atoms with Crippen molar-refractivity contribution in [3.8, 4) is 0 Å². The fraction of sp³-hybridized carbons (Fsp3) is 0.529. The van der Waals surface area contributed by atoms with E-state index in [4.69, 9.17) is 4.74 Å². The van der Waals surface area contributed by atoms with Gasteiger partial charge in [0.1, 0.15) is 0 Å². The minimum atomic E-state index is -0.310. The van der Waals surface area contributed by atoms with E-state index in [1.165, 1.54) is 4.68 Å². The molecular formula is C17H23N5O3S. The molecule has 1 aliphatic heterocycles. The van der Waals surface area contributed by atoms with Crippen molar-refractivity contribution < 1.29 is 14.3 Å². The zero-order valence-electron chi connectivity index (χ0n) is 15.1. The predicted octanol–water partition coefficient (Wildman–Crippen LogP) is 1.40. The Bertz CT molecular complexity index is 771. The molecule has 3 rings (SSSR count). The molecule has 3 heterocycles. The van der Waals surface area contributed by atoms with Crippen LogP contribution in [0.5, 0.6) is 0 Å². The molecule has 140 valence electrons. The number of hydrogen-bond acceptors (Lipinski definition) is 6. The van der Waals surface area contributed by atoms with Gasteiger partial charge in [-0.05, 0) is 17.4 Å². The highest BCUT2D eigenvalue weighted by Crippen LogP contribution is 2.19. The zero-order chi connectivity index (χ0) is 18.7. The lowest BCUT2D eigenvalue weighted by Crippen LogP contribution is -2.48. The summed E-state index contributed by atoms with van der Waals surface area (Å²) in [6.07, 6.45) is 0. The van der Waals surface area contributed by atoms with Crippen molar-refractivity contribution in [3.63, 3.8) is 0 Å². The molecule has 2 amide bonds. The van der Waals surface area contributed by atoms with Crippen molar-refractivity contribution in [2.45, 2.75) is 33.0 Å². The predicted molar refractivity (Wildman–Crippen MR) is 97.0 cm³/mol. The molecule has 0 aromatic carbocycles. The molecule has 1 aliphatic rings. The summed E-state index contributed by atoms with van der Waals surface area (Å²) in [6.45, 7) is 5.85. The zero-order valence-corrected chi connectivity index (χ0v) is 16.0. The van der Waals surface area contributed by atoms with Gasteiger partial charge in [0, 0.05) is 18.5 Å². The van der Waals surface area contributed by atoms with Crippen LogP contribution in [0.25, 0.3) is 0 Å². The topological polar surface area (TPSA) is 89.3 Å². The molecule has 0 saturated carbocycles. The van der Waals surface area contributed by atoms with Crippen LogP contribution in [0.1, 0.15) is 39.7 Å². The summed E-state index contributed by atoms with van der Waals surface area (Å²) >= 11 is 1.58. The van der Waals surface area contributed by atoms with Crippen molar-refractivity contribution in [1.29, 1.82) is 0 Å². The Morgan fingerprint density at radius 1 is 1.54 bits per heavy atom. The Morgan fingerprint density at radius 3 is 3.00 bits per heavy atom. The van der Waals surface area contributed by atoms with E-state index < -0.39 is 0 Å². The Balaban J connectivity index is 1.85. The molecule has 0 bridgehead atoms. The van der Waals surface area contributed by atoms with Gasteiger partial charge >= 0.3 is 0 Å². The van der Waals surface area contributed by atoms with E-state index in [9.17, 15) is 9.59 Å². The molecule has 1 N–H and O–H groups in total. The van der Waals surface area contributed by atoms with Gasteiger partial charge in [-0.15, -0.1) is 16.4 Å². The molecular weight excluding hydrogens is 354 g/mol. The molecule has 0 unspecified atom stereocenters. The second-order valence-electron chi connectivity index (χ2n) is 6.59. The quantitative estimate of drug-likeness (QED) is 0.788. The average molecular weight is 377 g/mol. The van der Waals surface area contributed by atoms with Crippen molar-refractivity contribution in [1.82, 2.24) is 25.2 Å². The van der Waals surface area contributed by atoms with Crippen molar-refractivity contribution in [2.75, 3.05) is 20.3 Å². The van der Waals surface area contributed by atoms with Crippen LogP contribution in [-0.2, 0) is 17.8 Å². The highest BCUT2D eigenvalue weighted by atomic mass is 32.1. The van der Waals surface area contributed by atoms with Gasteiger partial charge in [-0.25, -0.2) is 4.68 Å². The average Bonchev–Trinajstić information content (AvgIpc) is 3.27. The highest BCUT2D eigenvalue weighted by molar-refractivity contribution is 7.09. The molecule has 26 heavy (non-hydrogen) atoms. The SMILES string of the molecule is COCCN(Cc1cccs1)C(=O)c1nnn2c1C(=O)N[C@@H](C(C)C)C2. The van der Waals surface area contributed by atoms with Gasteiger partial charge in [0.25, 0.3) is 11.8 Å². The van der Waals surface area contributed by atoms with E-state index in [2.05, 4.69) is 15.6 Å². The minimum Gasteiger partial charge on any atom is -0.383 e. The minimum absolute atomic E-state index is 0.0182. The fourth-order valence-electron chi connectivity index (χ4n) is 2.85. The van der Waals surface area contributed by atoms with Gasteiger partial charge in [0.15, 0.2) is 11.4 Å².